The second kappa shape index (κ2) is 7.08. The summed E-state index contributed by atoms with van der Waals surface area (Å²) in [5.41, 5.74) is 0.206. The Morgan fingerprint density at radius 3 is 2.77 bits per heavy atom. The van der Waals surface area contributed by atoms with Gasteiger partial charge in [0.25, 0.3) is 0 Å². The number of ether oxygens (including phenoxy) is 1. The summed E-state index contributed by atoms with van der Waals surface area (Å²) in [6, 6.07) is 4.55. The molecular formula is C14H19BrN2O4S. The zero-order valence-electron chi connectivity index (χ0n) is 12.5. The molecule has 0 aromatic heterocycles. The average molecular weight is 391 g/mol. The monoisotopic (exact) mass is 390 g/mol. The Labute approximate surface area is 139 Å². The zero-order valence-corrected chi connectivity index (χ0v) is 14.9. The van der Waals surface area contributed by atoms with Crippen LogP contribution < -0.4 is 5.32 Å². The maximum absolute atomic E-state index is 12.8. The van der Waals surface area contributed by atoms with Crippen LogP contribution in [0.4, 0.5) is 0 Å². The van der Waals surface area contributed by atoms with Crippen molar-refractivity contribution in [2.24, 2.45) is 0 Å². The van der Waals surface area contributed by atoms with E-state index in [1.807, 2.05) is 7.05 Å². The normalized spacial score (nSPS) is 19.9. The lowest BCUT2D eigenvalue weighted by molar-refractivity contribution is 0.0600. The number of benzene rings is 1. The van der Waals surface area contributed by atoms with Crippen LogP contribution in [0, 0.1) is 0 Å². The Balaban J connectivity index is 2.36. The molecule has 22 heavy (non-hydrogen) atoms. The van der Waals surface area contributed by atoms with Crippen LogP contribution in [0.15, 0.2) is 27.6 Å². The molecule has 1 atom stereocenters. The number of likely N-dealkylation sites (N-methyl/N-ethyl adjacent to an activating group) is 1. The quantitative estimate of drug-likeness (QED) is 0.790. The molecule has 1 aromatic carbocycles. The Bertz CT molecular complexity index is 663. The van der Waals surface area contributed by atoms with Gasteiger partial charge in [0.2, 0.25) is 10.0 Å². The van der Waals surface area contributed by atoms with Crippen LogP contribution in [-0.4, -0.2) is 52.0 Å². The van der Waals surface area contributed by atoms with Crippen molar-refractivity contribution in [2.75, 3.05) is 27.2 Å². The van der Waals surface area contributed by atoms with E-state index in [-0.39, 0.29) is 16.5 Å². The van der Waals surface area contributed by atoms with Gasteiger partial charge in [0, 0.05) is 23.6 Å². The minimum absolute atomic E-state index is 0.0963. The number of carbonyl (C=O) groups excluding carboxylic acids is 1. The molecule has 1 unspecified atom stereocenters. The minimum Gasteiger partial charge on any atom is -0.465 e. The largest absolute Gasteiger partial charge is 0.465 e. The molecular weight excluding hydrogens is 372 g/mol. The molecule has 0 bridgehead atoms. The van der Waals surface area contributed by atoms with Gasteiger partial charge >= 0.3 is 5.97 Å². The number of nitrogens with zero attached hydrogens (tertiary/aromatic N) is 1. The van der Waals surface area contributed by atoms with Gasteiger partial charge in [-0.3, -0.25) is 0 Å². The van der Waals surface area contributed by atoms with Crippen LogP contribution >= 0.6 is 15.9 Å². The molecule has 1 aliphatic rings. The third-order valence-electron chi connectivity index (χ3n) is 3.72. The van der Waals surface area contributed by atoms with Crippen LogP contribution in [0.3, 0.4) is 0 Å². The summed E-state index contributed by atoms with van der Waals surface area (Å²) < 4.78 is 32.2. The van der Waals surface area contributed by atoms with Crippen LogP contribution in [0.5, 0.6) is 0 Å². The smallest absolute Gasteiger partial charge is 0.337 e. The first-order valence-electron chi connectivity index (χ1n) is 6.95. The van der Waals surface area contributed by atoms with Gasteiger partial charge in [-0.1, -0.05) is 15.9 Å². The second-order valence-corrected chi connectivity index (χ2v) is 8.01. The van der Waals surface area contributed by atoms with Gasteiger partial charge in [0.1, 0.15) is 0 Å². The van der Waals surface area contributed by atoms with E-state index in [1.54, 1.807) is 0 Å². The van der Waals surface area contributed by atoms with Gasteiger partial charge in [-0.05, 0) is 38.1 Å². The highest BCUT2D eigenvalue weighted by Crippen LogP contribution is 2.25. The van der Waals surface area contributed by atoms with Gasteiger partial charge in [0.15, 0.2) is 0 Å². The third kappa shape index (κ3) is 3.68. The maximum atomic E-state index is 12.8. The number of methoxy groups -OCH3 is 1. The van der Waals surface area contributed by atoms with Crippen LogP contribution in [0.1, 0.15) is 23.2 Å². The number of piperidine rings is 1. The fourth-order valence-electron chi connectivity index (χ4n) is 2.49. The lowest BCUT2D eigenvalue weighted by Gasteiger charge is -2.31. The Morgan fingerprint density at radius 1 is 1.41 bits per heavy atom. The van der Waals surface area contributed by atoms with Gasteiger partial charge in [-0.25, -0.2) is 13.2 Å². The SMILES string of the molecule is CNC1CCCN(S(=O)(=O)c2cc(Br)cc(C(=O)OC)c2)C1. The lowest BCUT2D eigenvalue weighted by Crippen LogP contribution is -2.46. The summed E-state index contributed by atoms with van der Waals surface area (Å²) in [5.74, 6) is -0.565. The topological polar surface area (TPSA) is 75.7 Å². The number of hydrogen-bond acceptors (Lipinski definition) is 5. The molecule has 2 rings (SSSR count). The van der Waals surface area contributed by atoms with Gasteiger partial charge in [-0.15, -0.1) is 0 Å². The van der Waals surface area contributed by atoms with Crippen molar-refractivity contribution in [3.63, 3.8) is 0 Å². The van der Waals surface area contributed by atoms with Gasteiger partial charge in [-0.2, -0.15) is 4.31 Å². The van der Waals surface area contributed by atoms with Gasteiger partial charge in [0.05, 0.1) is 17.6 Å². The van der Waals surface area contributed by atoms with Crippen LogP contribution in [0.2, 0.25) is 0 Å². The van der Waals surface area contributed by atoms with E-state index in [0.717, 1.165) is 12.8 Å². The molecule has 1 N–H and O–H groups in total. The Hall–Kier alpha value is -0.960. The summed E-state index contributed by atoms with van der Waals surface area (Å²) in [6.45, 7) is 0.916. The van der Waals surface area contributed by atoms with Crippen molar-refractivity contribution in [1.82, 2.24) is 9.62 Å². The first kappa shape index (κ1) is 17.4. The molecule has 122 valence electrons. The molecule has 0 amide bonds. The molecule has 1 heterocycles. The summed E-state index contributed by atoms with van der Waals surface area (Å²) >= 11 is 3.25. The number of nitrogens with one attached hydrogen (secondary N) is 1. The van der Waals surface area contributed by atoms with Crippen LogP contribution in [0.25, 0.3) is 0 Å². The summed E-state index contributed by atoms with van der Waals surface area (Å²) in [7, 11) is -0.544. The van der Waals surface area contributed by atoms with E-state index < -0.39 is 16.0 Å². The van der Waals surface area contributed by atoms with Crippen molar-refractivity contribution in [3.8, 4) is 0 Å². The molecule has 0 saturated carbocycles. The van der Waals surface area contributed by atoms with E-state index in [2.05, 4.69) is 26.0 Å². The summed E-state index contributed by atoms with van der Waals surface area (Å²) in [5, 5.41) is 3.12. The number of carbonyl (C=O) groups is 1. The minimum atomic E-state index is -3.64. The zero-order chi connectivity index (χ0) is 16.3. The highest BCUT2D eigenvalue weighted by Gasteiger charge is 2.30. The molecule has 0 radical (unpaired) electrons. The summed E-state index contributed by atoms with van der Waals surface area (Å²) in [4.78, 5) is 11.8. The number of halogens is 1. The lowest BCUT2D eigenvalue weighted by atomic mass is 10.1. The molecule has 0 aliphatic carbocycles. The number of hydrogen-bond donors (Lipinski definition) is 1. The molecule has 0 spiro atoms. The first-order chi connectivity index (χ1) is 10.4. The van der Waals surface area contributed by atoms with Gasteiger partial charge < -0.3 is 10.1 Å². The fourth-order valence-corrected chi connectivity index (χ4v) is 4.73. The summed E-state index contributed by atoms with van der Waals surface area (Å²) in [6.07, 6.45) is 1.76. The van der Waals surface area contributed by atoms with Crippen molar-refractivity contribution in [2.45, 2.75) is 23.8 Å². The predicted molar refractivity (Wildman–Crippen MR) is 86.3 cm³/mol. The van der Waals surface area contributed by atoms with Crippen molar-refractivity contribution in [3.05, 3.63) is 28.2 Å². The Morgan fingerprint density at radius 2 is 2.14 bits per heavy atom. The van der Waals surface area contributed by atoms with Crippen LogP contribution in [-0.2, 0) is 14.8 Å². The third-order valence-corrected chi connectivity index (χ3v) is 6.02. The Kier molecular flexibility index (Phi) is 5.60. The molecule has 1 fully saturated rings. The number of rotatable bonds is 4. The van der Waals surface area contributed by atoms with Crippen molar-refractivity contribution < 1.29 is 17.9 Å². The van der Waals surface area contributed by atoms with Crippen molar-refractivity contribution >= 4 is 31.9 Å². The molecule has 1 saturated heterocycles. The van der Waals surface area contributed by atoms with E-state index in [4.69, 9.17) is 0 Å². The predicted octanol–water partition coefficient (Wildman–Crippen LogP) is 1.61. The highest BCUT2D eigenvalue weighted by molar-refractivity contribution is 9.10. The number of sulfonamides is 1. The van der Waals surface area contributed by atoms with E-state index in [1.165, 1.54) is 29.6 Å². The second-order valence-electron chi connectivity index (χ2n) is 5.16. The van der Waals surface area contributed by atoms with Crippen molar-refractivity contribution in [1.29, 1.82) is 0 Å². The highest BCUT2D eigenvalue weighted by atomic mass is 79.9. The number of esters is 1. The molecule has 8 heteroatoms. The van der Waals surface area contributed by atoms with E-state index in [9.17, 15) is 13.2 Å². The fraction of sp³-hybridized carbons (Fsp3) is 0.500. The first-order valence-corrected chi connectivity index (χ1v) is 9.18. The maximum Gasteiger partial charge on any atom is 0.337 e. The van der Waals surface area contributed by atoms with E-state index >= 15 is 0 Å². The molecule has 1 aromatic rings. The average Bonchev–Trinajstić information content (AvgIpc) is 2.53. The molecule has 1 aliphatic heterocycles. The van der Waals surface area contributed by atoms with E-state index in [0.29, 0.717) is 17.6 Å². The molecule has 6 nitrogen and oxygen atoms in total. The standard InChI is InChI=1S/C14H19BrN2O4S/c1-16-12-4-3-5-17(9-12)22(19,20)13-7-10(14(18)21-2)6-11(15)8-13/h6-8,12,16H,3-5,9H2,1-2H3.